The zero-order valence-electron chi connectivity index (χ0n) is 11.1. The molecule has 100 valence electrons. The minimum atomic E-state index is -0.122. The van der Waals surface area contributed by atoms with Crippen LogP contribution < -0.4 is 0 Å². The van der Waals surface area contributed by atoms with Crippen molar-refractivity contribution >= 4 is 12.0 Å². The van der Waals surface area contributed by atoms with Gasteiger partial charge in [-0.1, -0.05) is 12.1 Å². The average molecular weight is 266 g/mol. The van der Waals surface area contributed by atoms with E-state index in [2.05, 4.69) is 6.07 Å². The van der Waals surface area contributed by atoms with Crippen LogP contribution in [-0.4, -0.2) is 17.9 Å². The van der Waals surface area contributed by atoms with Gasteiger partial charge in [0, 0.05) is 19.7 Å². The number of furan rings is 1. The number of nitriles is 1. The third kappa shape index (κ3) is 3.59. The normalized spacial score (nSPS) is 10.4. The minimum Gasteiger partial charge on any atom is -0.465 e. The number of amides is 1. The van der Waals surface area contributed by atoms with Gasteiger partial charge in [-0.05, 0) is 35.9 Å². The zero-order valence-corrected chi connectivity index (χ0v) is 11.1. The first-order chi connectivity index (χ1) is 9.69. The highest BCUT2D eigenvalue weighted by Gasteiger charge is 2.06. The Morgan fingerprint density at radius 3 is 2.95 bits per heavy atom. The SMILES string of the molecule is CN(Cc1cccc(C#N)c1)C(=O)C=Cc1ccco1. The standard InChI is InChI=1S/C16H14N2O2/c1-18(12-14-5-2-4-13(10-14)11-17)16(19)8-7-15-6-3-9-20-15/h2-10H,12H2,1H3. The van der Waals surface area contributed by atoms with Crippen LogP contribution in [0.1, 0.15) is 16.9 Å². The van der Waals surface area contributed by atoms with E-state index in [-0.39, 0.29) is 5.91 Å². The molecule has 1 heterocycles. The Labute approximate surface area is 117 Å². The number of nitrogens with zero attached hydrogens (tertiary/aromatic N) is 2. The first-order valence-electron chi connectivity index (χ1n) is 6.15. The van der Waals surface area contributed by atoms with E-state index in [1.54, 1.807) is 48.6 Å². The van der Waals surface area contributed by atoms with Crippen molar-refractivity contribution in [3.63, 3.8) is 0 Å². The Balaban J connectivity index is 1.99. The van der Waals surface area contributed by atoms with E-state index in [0.717, 1.165) is 5.56 Å². The summed E-state index contributed by atoms with van der Waals surface area (Å²) < 4.78 is 5.12. The molecule has 2 aromatic rings. The predicted molar refractivity (Wildman–Crippen MR) is 75.4 cm³/mol. The molecule has 0 aliphatic rings. The maximum absolute atomic E-state index is 11.9. The average Bonchev–Trinajstić information content (AvgIpc) is 2.98. The topological polar surface area (TPSA) is 57.2 Å². The molecule has 20 heavy (non-hydrogen) atoms. The summed E-state index contributed by atoms with van der Waals surface area (Å²) in [4.78, 5) is 13.5. The van der Waals surface area contributed by atoms with Crippen molar-refractivity contribution in [2.75, 3.05) is 7.05 Å². The molecule has 1 aromatic carbocycles. The number of benzene rings is 1. The third-order valence-corrected chi connectivity index (χ3v) is 2.79. The monoisotopic (exact) mass is 266 g/mol. The summed E-state index contributed by atoms with van der Waals surface area (Å²) in [6, 6.07) is 12.8. The van der Waals surface area contributed by atoms with Crippen molar-refractivity contribution < 1.29 is 9.21 Å². The molecule has 0 bridgehead atoms. The van der Waals surface area contributed by atoms with Crippen molar-refractivity contribution in [2.24, 2.45) is 0 Å². The van der Waals surface area contributed by atoms with Gasteiger partial charge in [0.2, 0.25) is 5.91 Å². The highest BCUT2D eigenvalue weighted by atomic mass is 16.3. The van der Waals surface area contributed by atoms with E-state index >= 15 is 0 Å². The van der Waals surface area contributed by atoms with E-state index in [4.69, 9.17) is 9.68 Å². The number of hydrogen-bond acceptors (Lipinski definition) is 3. The molecule has 0 spiro atoms. The van der Waals surface area contributed by atoms with Crippen LogP contribution in [0.3, 0.4) is 0 Å². The smallest absolute Gasteiger partial charge is 0.246 e. The molecule has 4 heteroatoms. The quantitative estimate of drug-likeness (QED) is 0.799. The van der Waals surface area contributed by atoms with E-state index in [9.17, 15) is 4.79 Å². The first kappa shape index (κ1) is 13.6. The molecule has 2 rings (SSSR count). The fourth-order valence-electron chi connectivity index (χ4n) is 1.76. The highest BCUT2D eigenvalue weighted by molar-refractivity contribution is 5.91. The van der Waals surface area contributed by atoms with Crippen LogP contribution in [0.25, 0.3) is 6.08 Å². The molecule has 0 aliphatic carbocycles. The van der Waals surface area contributed by atoms with Gasteiger partial charge in [0.1, 0.15) is 5.76 Å². The molecule has 0 saturated carbocycles. The molecule has 0 N–H and O–H groups in total. The summed E-state index contributed by atoms with van der Waals surface area (Å²) in [6.07, 6.45) is 4.65. The van der Waals surface area contributed by atoms with Gasteiger partial charge >= 0.3 is 0 Å². The molecule has 0 unspecified atom stereocenters. The number of carbonyl (C=O) groups is 1. The highest BCUT2D eigenvalue weighted by Crippen LogP contribution is 2.08. The van der Waals surface area contributed by atoms with E-state index < -0.39 is 0 Å². The molecule has 1 amide bonds. The van der Waals surface area contributed by atoms with Gasteiger partial charge in [-0.15, -0.1) is 0 Å². The van der Waals surface area contributed by atoms with Crippen molar-refractivity contribution in [1.82, 2.24) is 4.90 Å². The third-order valence-electron chi connectivity index (χ3n) is 2.79. The lowest BCUT2D eigenvalue weighted by atomic mass is 10.1. The Morgan fingerprint density at radius 1 is 1.40 bits per heavy atom. The minimum absolute atomic E-state index is 0.122. The summed E-state index contributed by atoms with van der Waals surface area (Å²) >= 11 is 0. The lowest BCUT2D eigenvalue weighted by Crippen LogP contribution is -2.24. The van der Waals surface area contributed by atoms with Crippen LogP contribution in [0.15, 0.2) is 53.2 Å². The maximum Gasteiger partial charge on any atom is 0.246 e. The van der Waals surface area contributed by atoms with E-state index in [1.165, 1.54) is 6.08 Å². The lowest BCUT2D eigenvalue weighted by Gasteiger charge is -2.15. The van der Waals surface area contributed by atoms with E-state index in [1.807, 2.05) is 12.1 Å². The fraction of sp³-hybridized carbons (Fsp3) is 0.125. The Kier molecular flexibility index (Phi) is 4.35. The van der Waals surface area contributed by atoms with Crippen molar-refractivity contribution in [2.45, 2.75) is 6.54 Å². The van der Waals surface area contributed by atoms with Gasteiger partial charge in [0.15, 0.2) is 0 Å². The number of hydrogen-bond donors (Lipinski definition) is 0. The summed E-state index contributed by atoms with van der Waals surface area (Å²) in [7, 11) is 1.72. The van der Waals surface area contributed by atoms with Crippen molar-refractivity contribution in [3.8, 4) is 6.07 Å². The van der Waals surface area contributed by atoms with Gasteiger partial charge in [-0.2, -0.15) is 5.26 Å². The number of carbonyl (C=O) groups excluding carboxylic acids is 1. The Hall–Kier alpha value is -2.80. The van der Waals surface area contributed by atoms with Gasteiger partial charge < -0.3 is 9.32 Å². The summed E-state index contributed by atoms with van der Waals surface area (Å²) in [5.41, 5.74) is 1.51. The van der Waals surface area contributed by atoms with Crippen LogP contribution in [0.2, 0.25) is 0 Å². The van der Waals surface area contributed by atoms with Gasteiger partial charge in [-0.3, -0.25) is 4.79 Å². The van der Waals surface area contributed by atoms with E-state index in [0.29, 0.717) is 17.9 Å². The zero-order chi connectivity index (χ0) is 14.4. The second kappa shape index (κ2) is 6.39. The molecule has 1 aromatic heterocycles. The van der Waals surface area contributed by atoms with Crippen LogP contribution >= 0.6 is 0 Å². The summed E-state index contributed by atoms with van der Waals surface area (Å²) in [5, 5.41) is 8.84. The van der Waals surface area contributed by atoms with Gasteiger partial charge in [0.05, 0.1) is 17.9 Å². The predicted octanol–water partition coefficient (Wildman–Crippen LogP) is 2.82. The van der Waals surface area contributed by atoms with Gasteiger partial charge in [0.25, 0.3) is 0 Å². The summed E-state index contributed by atoms with van der Waals surface area (Å²) in [5.74, 6) is 0.516. The molecule has 0 saturated heterocycles. The van der Waals surface area contributed by atoms with Gasteiger partial charge in [-0.25, -0.2) is 0 Å². The summed E-state index contributed by atoms with van der Waals surface area (Å²) in [6.45, 7) is 0.455. The van der Waals surface area contributed by atoms with Crippen LogP contribution in [0.5, 0.6) is 0 Å². The molecular weight excluding hydrogens is 252 g/mol. The lowest BCUT2D eigenvalue weighted by molar-refractivity contribution is -0.125. The second-order valence-corrected chi connectivity index (χ2v) is 4.36. The first-order valence-corrected chi connectivity index (χ1v) is 6.15. The Bertz CT molecular complexity index is 651. The van der Waals surface area contributed by atoms with Crippen LogP contribution in [0, 0.1) is 11.3 Å². The number of rotatable bonds is 4. The van der Waals surface area contributed by atoms with Crippen molar-refractivity contribution in [1.29, 1.82) is 5.26 Å². The molecular formula is C16H14N2O2. The molecule has 0 radical (unpaired) electrons. The maximum atomic E-state index is 11.9. The number of likely N-dealkylation sites (N-methyl/N-ethyl adjacent to an activating group) is 1. The fourth-order valence-corrected chi connectivity index (χ4v) is 1.76. The molecule has 0 aliphatic heterocycles. The van der Waals surface area contributed by atoms with Crippen LogP contribution in [0.4, 0.5) is 0 Å². The second-order valence-electron chi connectivity index (χ2n) is 4.36. The molecule has 4 nitrogen and oxygen atoms in total. The van der Waals surface area contributed by atoms with Crippen LogP contribution in [-0.2, 0) is 11.3 Å². The largest absolute Gasteiger partial charge is 0.465 e. The molecule has 0 atom stereocenters. The Morgan fingerprint density at radius 2 is 2.25 bits per heavy atom. The van der Waals surface area contributed by atoms with Crippen molar-refractivity contribution in [3.05, 3.63) is 65.6 Å². The molecule has 0 fully saturated rings.